The zero-order chi connectivity index (χ0) is 14.0. The van der Waals surface area contributed by atoms with E-state index in [0.717, 1.165) is 11.1 Å². The van der Waals surface area contributed by atoms with Crippen LogP contribution in [0.25, 0.3) is 0 Å². The fraction of sp³-hybridized carbons (Fsp3) is 0.250. The number of rotatable bonds is 3. The zero-order valence-electron chi connectivity index (χ0n) is 11.0. The number of benzene rings is 2. The first kappa shape index (κ1) is 14.0. The van der Waals surface area contributed by atoms with Crippen LogP contribution in [0, 0.1) is 19.7 Å². The van der Waals surface area contributed by atoms with E-state index in [1.54, 1.807) is 6.07 Å². The number of aliphatic hydroxyl groups is 1. The van der Waals surface area contributed by atoms with Crippen LogP contribution in [-0.2, 0) is 6.42 Å². The second kappa shape index (κ2) is 5.72. The highest BCUT2D eigenvalue weighted by Gasteiger charge is 2.17. The van der Waals surface area contributed by atoms with Gasteiger partial charge in [0.15, 0.2) is 0 Å². The van der Waals surface area contributed by atoms with Crippen molar-refractivity contribution in [3.8, 4) is 0 Å². The maximum absolute atomic E-state index is 13.7. The lowest BCUT2D eigenvalue weighted by atomic mass is 9.98. The van der Waals surface area contributed by atoms with Crippen LogP contribution in [0.2, 0.25) is 5.02 Å². The fourth-order valence-corrected chi connectivity index (χ4v) is 2.37. The summed E-state index contributed by atoms with van der Waals surface area (Å²) >= 11 is 5.95. The normalized spacial score (nSPS) is 12.5. The van der Waals surface area contributed by atoms with E-state index in [9.17, 15) is 9.50 Å². The molecule has 2 aromatic carbocycles. The van der Waals surface area contributed by atoms with E-state index in [1.807, 2.05) is 32.0 Å². The number of hydrogen-bond donors (Lipinski definition) is 1. The SMILES string of the molecule is Cc1ccc(CC(O)c2c(F)cccc2Cl)cc1C. The van der Waals surface area contributed by atoms with Gasteiger partial charge in [-0.05, 0) is 42.7 Å². The van der Waals surface area contributed by atoms with E-state index in [2.05, 4.69) is 0 Å². The van der Waals surface area contributed by atoms with Gasteiger partial charge in [0.2, 0.25) is 0 Å². The van der Waals surface area contributed by atoms with Crippen LogP contribution >= 0.6 is 11.6 Å². The standard InChI is InChI=1S/C16H16ClFO/c1-10-6-7-12(8-11(10)2)9-15(19)16-13(17)4-3-5-14(16)18/h3-8,15,19H,9H2,1-2H3. The van der Waals surface area contributed by atoms with Gasteiger partial charge in [0.1, 0.15) is 5.82 Å². The van der Waals surface area contributed by atoms with Crippen molar-refractivity contribution in [3.05, 3.63) is 69.5 Å². The monoisotopic (exact) mass is 278 g/mol. The molecule has 3 heteroatoms. The summed E-state index contributed by atoms with van der Waals surface area (Å²) in [5, 5.41) is 10.4. The molecule has 19 heavy (non-hydrogen) atoms. The Balaban J connectivity index is 2.25. The molecule has 0 aliphatic carbocycles. The van der Waals surface area contributed by atoms with Crippen molar-refractivity contribution in [3.63, 3.8) is 0 Å². The Morgan fingerprint density at radius 3 is 2.53 bits per heavy atom. The Bertz CT molecular complexity index is 575. The fourth-order valence-electron chi connectivity index (χ4n) is 2.08. The first-order chi connectivity index (χ1) is 8.99. The third-order valence-corrected chi connectivity index (χ3v) is 3.66. The Labute approximate surface area is 117 Å². The Morgan fingerprint density at radius 1 is 1.16 bits per heavy atom. The van der Waals surface area contributed by atoms with Gasteiger partial charge in [-0.25, -0.2) is 4.39 Å². The van der Waals surface area contributed by atoms with Gasteiger partial charge in [-0.3, -0.25) is 0 Å². The Kier molecular flexibility index (Phi) is 4.23. The van der Waals surface area contributed by atoms with Crippen LogP contribution in [0.15, 0.2) is 36.4 Å². The van der Waals surface area contributed by atoms with Crippen molar-refractivity contribution < 1.29 is 9.50 Å². The van der Waals surface area contributed by atoms with Gasteiger partial charge in [0.05, 0.1) is 6.10 Å². The van der Waals surface area contributed by atoms with Gasteiger partial charge in [0, 0.05) is 17.0 Å². The molecular weight excluding hydrogens is 263 g/mol. The molecule has 2 aromatic rings. The minimum absolute atomic E-state index is 0.169. The molecule has 0 amide bonds. The third kappa shape index (κ3) is 3.14. The molecule has 0 saturated heterocycles. The second-order valence-electron chi connectivity index (χ2n) is 4.77. The molecule has 1 atom stereocenters. The summed E-state index contributed by atoms with van der Waals surface area (Å²) in [5.74, 6) is -0.469. The van der Waals surface area contributed by atoms with E-state index in [-0.39, 0.29) is 10.6 Å². The van der Waals surface area contributed by atoms with Crippen LogP contribution < -0.4 is 0 Å². The van der Waals surface area contributed by atoms with Crippen LogP contribution in [0.3, 0.4) is 0 Å². The van der Waals surface area contributed by atoms with E-state index < -0.39 is 11.9 Å². The maximum Gasteiger partial charge on any atom is 0.130 e. The van der Waals surface area contributed by atoms with Crippen LogP contribution in [0.5, 0.6) is 0 Å². The molecule has 1 N–H and O–H groups in total. The molecule has 1 unspecified atom stereocenters. The summed E-state index contributed by atoms with van der Waals surface area (Å²) in [6.07, 6.45) is -0.585. The van der Waals surface area contributed by atoms with Gasteiger partial charge in [-0.1, -0.05) is 35.9 Å². The lowest BCUT2D eigenvalue weighted by molar-refractivity contribution is 0.173. The van der Waals surface area contributed by atoms with Gasteiger partial charge < -0.3 is 5.11 Å². The number of aliphatic hydroxyl groups excluding tert-OH is 1. The van der Waals surface area contributed by atoms with Crippen molar-refractivity contribution in [2.45, 2.75) is 26.4 Å². The molecule has 100 valence electrons. The van der Waals surface area contributed by atoms with Crippen molar-refractivity contribution in [1.29, 1.82) is 0 Å². The first-order valence-corrected chi connectivity index (χ1v) is 6.55. The molecule has 0 bridgehead atoms. The predicted molar refractivity (Wildman–Crippen MR) is 76.0 cm³/mol. The van der Waals surface area contributed by atoms with Crippen LogP contribution in [0.1, 0.15) is 28.4 Å². The molecule has 0 radical (unpaired) electrons. The summed E-state index contributed by atoms with van der Waals surface area (Å²) in [7, 11) is 0. The first-order valence-electron chi connectivity index (χ1n) is 6.17. The second-order valence-corrected chi connectivity index (χ2v) is 5.18. The molecule has 1 nitrogen and oxygen atoms in total. The lowest BCUT2D eigenvalue weighted by Gasteiger charge is -2.14. The van der Waals surface area contributed by atoms with E-state index >= 15 is 0 Å². The average molecular weight is 279 g/mol. The topological polar surface area (TPSA) is 20.2 Å². The van der Waals surface area contributed by atoms with Crippen LogP contribution in [0.4, 0.5) is 4.39 Å². The van der Waals surface area contributed by atoms with Crippen molar-refractivity contribution in [2.24, 2.45) is 0 Å². The highest BCUT2D eigenvalue weighted by molar-refractivity contribution is 6.31. The van der Waals surface area contributed by atoms with Gasteiger partial charge in [-0.2, -0.15) is 0 Å². The largest absolute Gasteiger partial charge is 0.388 e. The van der Waals surface area contributed by atoms with Gasteiger partial charge in [0.25, 0.3) is 0 Å². The molecule has 2 rings (SSSR count). The summed E-state index contributed by atoms with van der Waals surface area (Å²) in [4.78, 5) is 0. The average Bonchev–Trinajstić information content (AvgIpc) is 2.33. The summed E-state index contributed by atoms with van der Waals surface area (Å²) in [6, 6.07) is 10.4. The Hall–Kier alpha value is -1.38. The van der Waals surface area contributed by atoms with E-state index in [4.69, 9.17) is 11.6 Å². The molecular formula is C16H16ClFO. The minimum Gasteiger partial charge on any atom is -0.388 e. The quantitative estimate of drug-likeness (QED) is 0.884. The molecule has 0 spiro atoms. The van der Waals surface area contributed by atoms with Gasteiger partial charge >= 0.3 is 0 Å². The third-order valence-electron chi connectivity index (χ3n) is 3.33. The maximum atomic E-state index is 13.7. The van der Waals surface area contributed by atoms with Gasteiger partial charge in [-0.15, -0.1) is 0 Å². The Morgan fingerprint density at radius 2 is 1.89 bits per heavy atom. The molecule has 0 saturated carbocycles. The van der Waals surface area contributed by atoms with E-state index in [0.29, 0.717) is 6.42 Å². The van der Waals surface area contributed by atoms with Crippen molar-refractivity contribution >= 4 is 11.6 Å². The molecule has 0 aliphatic rings. The smallest absolute Gasteiger partial charge is 0.130 e. The number of aryl methyl sites for hydroxylation is 2. The van der Waals surface area contributed by atoms with Crippen molar-refractivity contribution in [2.75, 3.05) is 0 Å². The molecule has 0 aliphatic heterocycles. The number of hydrogen-bond acceptors (Lipinski definition) is 1. The summed E-state index contributed by atoms with van der Waals surface area (Å²) in [5.41, 5.74) is 3.49. The molecule has 0 fully saturated rings. The molecule has 0 heterocycles. The van der Waals surface area contributed by atoms with E-state index in [1.165, 1.54) is 17.7 Å². The number of halogens is 2. The lowest BCUT2D eigenvalue weighted by Crippen LogP contribution is -2.05. The van der Waals surface area contributed by atoms with Crippen LogP contribution in [-0.4, -0.2) is 5.11 Å². The molecule has 0 aromatic heterocycles. The minimum atomic E-state index is -0.934. The summed E-state index contributed by atoms with van der Waals surface area (Å²) < 4.78 is 13.7. The highest BCUT2D eigenvalue weighted by atomic mass is 35.5. The van der Waals surface area contributed by atoms with Crippen molar-refractivity contribution in [1.82, 2.24) is 0 Å². The predicted octanol–water partition coefficient (Wildman–Crippen LogP) is 4.37. The summed E-state index contributed by atoms with van der Waals surface area (Å²) in [6.45, 7) is 4.05. The highest BCUT2D eigenvalue weighted by Crippen LogP contribution is 2.28. The zero-order valence-corrected chi connectivity index (χ0v) is 11.7.